The Bertz CT molecular complexity index is 789. The summed E-state index contributed by atoms with van der Waals surface area (Å²) in [7, 11) is 0. The summed E-state index contributed by atoms with van der Waals surface area (Å²) in [6.45, 7) is 7.92. The fourth-order valence-corrected chi connectivity index (χ4v) is 3.09. The van der Waals surface area contributed by atoms with E-state index in [1.807, 2.05) is 39.8 Å². The fourth-order valence-electron chi connectivity index (χ4n) is 2.40. The number of rotatable bonds is 7. The molecule has 0 amide bonds. The molecule has 0 aliphatic carbocycles. The fraction of sp³-hybridized carbons (Fsp3) is 0.333. The smallest absolute Gasteiger partial charge is 0.349 e. The molecule has 6 heteroatoms. The van der Waals surface area contributed by atoms with Crippen LogP contribution in [-0.2, 0) is 9.53 Å². The zero-order valence-corrected chi connectivity index (χ0v) is 17.5. The van der Waals surface area contributed by atoms with E-state index in [2.05, 4.69) is 15.9 Å². The Morgan fingerprint density at radius 2 is 1.63 bits per heavy atom. The van der Waals surface area contributed by atoms with Gasteiger partial charge in [0, 0.05) is 4.47 Å². The molecule has 2 aromatic rings. The molecule has 0 saturated heterocycles. The average Bonchev–Trinajstić information content (AvgIpc) is 2.59. The molecule has 0 aliphatic rings. The predicted octanol–water partition coefficient (Wildman–Crippen LogP) is 4.86. The topological polar surface area (TPSA) is 61.8 Å². The number of ether oxygens (including phenoxy) is 3. The Balaban J connectivity index is 1.90. The molecule has 0 heterocycles. The van der Waals surface area contributed by atoms with Gasteiger partial charge >= 0.3 is 11.9 Å². The van der Waals surface area contributed by atoms with Gasteiger partial charge in [0.05, 0.1) is 12.2 Å². The molecular formula is C21H23BrO5. The van der Waals surface area contributed by atoms with Crippen LogP contribution in [0.2, 0.25) is 0 Å². The van der Waals surface area contributed by atoms with Gasteiger partial charge in [-0.1, -0.05) is 29.8 Å². The van der Waals surface area contributed by atoms with Gasteiger partial charge in [-0.25, -0.2) is 9.59 Å². The van der Waals surface area contributed by atoms with Crippen molar-refractivity contribution in [1.29, 1.82) is 0 Å². The van der Waals surface area contributed by atoms with E-state index in [0.717, 1.165) is 15.6 Å². The van der Waals surface area contributed by atoms with Gasteiger partial charge in [0.25, 0.3) is 0 Å². The van der Waals surface area contributed by atoms with Gasteiger partial charge in [-0.15, -0.1) is 0 Å². The maximum Gasteiger partial charge on any atom is 0.349 e. The van der Waals surface area contributed by atoms with Crippen molar-refractivity contribution in [1.82, 2.24) is 0 Å². The van der Waals surface area contributed by atoms with Crippen molar-refractivity contribution in [3.05, 3.63) is 57.6 Å². The lowest BCUT2D eigenvalue weighted by atomic mass is 10.1. The van der Waals surface area contributed by atoms with E-state index in [9.17, 15) is 9.59 Å². The molecule has 0 atom stereocenters. The molecule has 0 aliphatic heterocycles. The lowest BCUT2D eigenvalue weighted by Crippen LogP contribution is -2.18. The van der Waals surface area contributed by atoms with Crippen LogP contribution in [-0.4, -0.2) is 25.2 Å². The van der Waals surface area contributed by atoms with Gasteiger partial charge in [-0.05, 0) is 67.3 Å². The van der Waals surface area contributed by atoms with Crippen LogP contribution in [0.25, 0.3) is 0 Å². The molecule has 2 aromatic carbocycles. The van der Waals surface area contributed by atoms with Crippen molar-refractivity contribution in [3.63, 3.8) is 0 Å². The van der Waals surface area contributed by atoms with Gasteiger partial charge < -0.3 is 14.2 Å². The monoisotopic (exact) mass is 434 g/mol. The Morgan fingerprint density at radius 3 is 2.19 bits per heavy atom. The number of aryl methyl sites for hydroxylation is 2. The highest BCUT2D eigenvalue weighted by molar-refractivity contribution is 9.10. The standard InChI is InChI=1S/C21H23BrO5/c1-13(2)11-26-21(24)16-5-7-18(8-6-16)27-19(23)12-25-20-14(3)9-17(22)10-15(20)4/h5-10,13H,11-12H2,1-4H3. The number of esters is 2. The third kappa shape index (κ3) is 6.40. The predicted molar refractivity (Wildman–Crippen MR) is 106 cm³/mol. The van der Waals surface area contributed by atoms with Crippen LogP contribution in [0.1, 0.15) is 35.3 Å². The van der Waals surface area contributed by atoms with Crippen LogP contribution in [0.15, 0.2) is 40.9 Å². The van der Waals surface area contributed by atoms with Gasteiger partial charge in [-0.3, -0.25) is 0 Å². The summed E-state index contributed by atoms with van der Waals surface area (Å²) >= 11 is 3.42. The van der Waals surface area contributed by atoms with Crippen LogP contribution in [0, 0.1) is 19.8 Å². The van der Waals surface area contributed by atoms with E-state index < -0.39 is 11.9 Å². The SMILES string of the molecule is Cc1cc(Br)cc(C)c1OCC(=O)Oc1ccc(C(=O)OCC(C)C)cc1. The van der Waals surface area contributed by atoms with Crippen LogP contribution >= 0.6 is 15.9 Å². The van der Waals surface area contributed by atoms with Crippen molar-refractivity contribution in [2.75, 3.05) is 13.2 Å². The van der Waals surface area contributed by atoms with E-state index in [1.54, 1.807) is 24.3 Å². The lowest BCUT2D eigenvalue weighted by Gasteiger charge is -2.12. The molecule has 0 unspecified atom stereocenters. The Hall–Kier alpha value is -2.34. The summed E-state index contributed by atoms with van der Waals surface area (Å²) < 4.78 is 17.0. The highest BCUT2D eigenvalue weighted by atomic mass is 79.9. The highest BCUT2D eigenvalue weighted by Crippen LogP contribution is 2.27. The third-order valence-corrected chi connectivity index (χ3v) is 4.09. The minimum atomic E-state index is -0.521. The second-order valence-electron chi connectivity index (χ2n) is 6.65. The Labute approximate surface area is 167 Å². The Kier molecular flexibility index (Phi) is 7.42. The molecule has 144 valence electrons. The van der Waals surface area contributed by atoms with Gasteiger partial charge in [0.2, 0.25) is 0 Å². The van der Waals surface area contributed by atoms with Crippen molar-refractivity contribution in [2.24, 2.45) is 5.92 Å². The molecule has 2 rings (SSSR count). The summed E-state index contributed by atoms with van der Waals surface area (Å²) in [5.74, 6) is 0.358. The summed E-state index contributed by atoms with van der Waals surface area (Å²) in [5, 5.41) is 0. The number of carbonyl (C=O) groups excluding carboxylic acids is 2. The van der Waals surface area contributed by atoms with E-state index in [4.69, 9.17) is 14.2 Å². The first-order chi connectivity index (χ1) is 12.8. The number of hydrogen-bond acceptors (Lipinski definition) is 5. The first-order valence-electron chi connectivity index (χ1n) is 8.63. The van der Waals surface area contributed by atoms with Crippen LogP contribution in [0.4, 0.5) is 0 Å². The van der Waals surface area contributed by atoms with Gasteiger partial charge in [0.1, 0.15) is 11.5 Å². The van der Waals surface area contributed by atoms with E-state index in [0.29, 0.717) is 23.7 Å². The summed E-state index contributed by atoms with van der Waals surface area (Å²) in [5.41, 5.74) is 2.27. The summed E-state index contributed by atoms with van der Waals surface area (Å²) in [6, 6.07) is 10.1. The second kappa shape index (κ2) is 9.55. The maximum atomic E-state index is 12.0. The number of carbonyl (C=O) groups is 2. The first kappa shape index (κ1) is 21.0. The molecule has 0 bridgehead atoms. The van der Waals surface area contributed by atoms with Crippen molar-refractivity contribution >= 4 is 27.9 Å². The zero-order valence-electron chi connectivity index (χ0n) is 15.9. The molecule has 0 fully saturated rings. The summed E-state index contributed by atoms with van der Waals surface area (Å²) in [4.78, 5) is 23.9. The third-order valence-electron chi connectivity index (χ3n) is 3.63. The minimum Gasteiger partial charge on any atom is -0.481 e. The molecule has 0 radical (unpaired) electrons. The van der Waals surface area contributed by atoms with Crippen molar-refractivity contribution in [2.45, 2.75) is 27.7 Å². The number of benzene rings is 2. The largest absolute Gasteiger partial charge is 0.481 e. The van der Waals surface area contributed by atoms with Crippen LogP contribution < -0.4 is 9.47 Å². The normalized spacial score (nSPS) is 10.6. The van der Waals surface area contributed by atoms with Gasteiger partial charge in [-0.2, -0.15) is 0 Å². The molecule has 0 aromatic heterocycles. The lowest BCUT2D eigenvalue weighted by molar-refractivity contribution is -0.136. The minimum absolute atomic E-state index is 0.207. The zero-order chi connectivity index (χ0) is 20.0. The molecule has 0 spiro atoms. The molecule has 27 heavy (non-hydrogen) atoms. The number of halogens is 1. The van der Waals surface area contributed by atoms with E-state index >= 15 is 0 Å². The molecular weight excluding hydrogens is 412 g/mol. The summed E-state index contributed by atoms with van der Waals surface area (Å²) in [6.07, 6.45) is 0. The number of hydrogen-bond donors (Lipinski definition) is 0. The second-order valence-corrected chi connectivity index (χ2v) is 7.56. The van der Waals surface area contributed by atoms with Crippen molar-refractivity contribution in [3.8, 4) is 11.5 Å². The molecule has 0 saturated carbocycles. The van der Waals surface area contributed by atoms with E-state index in [-0.39, 0.29) is 12.5 Å². The quantitative estimate of drug-likeness (QED) is 0.459. The maximum absolute atomic E-state index is 12.0. The van der Waals surface area contributed by atoms with Crippen molar-refractivity contribution < 1.29 is 23.8 Å². The van der Waals surface area contributed by atoms with Gasteiger partial charge in [0.15, 0.2) is 6.61 Å². The first-order valence-corrected chi connectivity index (χ1v) is 9.43. The molecule has 5 nitrogen and oxygen atoms in total. The Morgan fingerprint density at radius 1 is 1.04 bits per heavy atom. The van der Waals surface area contributed by atoms with Crippen LogP contribution in [0.3, 0.4) is 0 Å². The van der Waals surface area contributed by atoms with Crippen LogP contribution in [0.5, 0.6) is 11.5 Å². The highest BCUT2D eigenvalue weighted by Gasteiger charge is 2.12. The average molecular weight is 435 g/mol. The van der Waals surface area contributed by atoms with E-state index in [1.165, 1.54) is 0 Å². The molecule has 0 N–H and O–H groups in total.